The second kappa shape index (κ2) is 17.0. The summed E-state index contributed by atoms with van der Waals surface area (Å²) in [6.45, 7) is 0.0200. The molecule has 10 N–H and O–H groups in total. The summed E-state index contributed by atoms with van der Waals surface area (Å²) in [5, 5.41) is 24.5. The number of amidine groups is 1. The maximum absolute atomic E-state index is 13.6. The van der Waals surface area contributed by atoms with Crippen LogP contribution in [-0.2, 0) is 35.1 Å². The first-order valence-corrected chi connectivity index (χ1v) is 14.3. The first-order valence-electron chi connectivity index (χ1n) is 14.3. The molecule has 14 nitrogen and oxygen atoms in total. The molecule has 0 bridgehead atoms. The number of hydrogen-bond donors (Lipinski definition) is 8. The van der Waals surface area contributed by atoms with Crippen molar-refractivity contribution in [2.45, 2.75) is 69.6 Å². The lowest BCUT2D eigenvalue weighted by atomic mass is 9.83. The van der Waals surface area contributed by atoms with Gasteiger partial charge in [0.05, 0.1) is 0 Å². The number of carbonyl (C=O) groups excluding carboxylic acids is 5. The first kappa shape index (κ1) is 36.5. The van der Waals surface area contributed by atoms with Crippen LogP contribution in [0.25, 0.3) is 0 Å². The molecule has 1 aromatic rings. The van der Waals surface area contributed by atoms with Crippen molar-refractivity contribution >= 4 is 41.5 Å². The summed E-state index contributed by atoms with van der Waals surface area (Å²) in [5.41, 5.74) is 11.7. The van der Waals surface area contributed by atoms with Crippen LogP contribution in [0.1, 0.15) is 56.1 Å². The van der Waals surface area contributed by atoms with Crippen molar-refractivity contribution < 1.29 is 41.9 Å². The van der Waals surface area contributed by atoms with Crippen LogP contribution < -0.4 is 32.7 Å². The number of nitrogen functional groups attached to an aromatic ring is 1. The second-order valence-electron chi connectivity index (χ2n) is 10.6. The van der Waals surface area contributed by atoms with Gasteiger partial charge in [-0.1, -0.05) is 43.5 Å². The summed E-state index contributed by atoms with van der Waals surface area (Å²) in [7, 11) is 1.34. The predicted molar refractivity (Wildman–Crippen MR) is 155 cm³/mol. The van der Waals surface area contributed by atoms with E-state index in [0.29, 0.717) is 24.0 Å². The monoisotopic (exact) mass is 640 g/mol. The van der Waals surface area contributed by atoms with E-state index in [1.807, 2.05) is 0 Å². The zero-order valence-electron chi connectivity index (χ0n) is 24.7. The van der Waals surface area contributed by atoms with Crippen LogP contribution in [0, 0.1) is 22.7 Å². The van der Waals surface area contributed by atoms with Crippen molar-refractivity contribution in [2.75, 3.05) is 13.6 Å². The molecule has 17 heteroatoms. The second-order valence-corrected chi connectivity index (χ2v) is 10.6. The maximum atomic E-state index is 13.6. The zero-order valence-corrected chi connectivity index (χ0v) is 24.7. The topological polar surface area (TPSA) is 242 Å². The summed E-state index contributed by atoms with van der Waals surface area (Å²) in [6, 6.07) is 3.34. The molecule has 2 rings (SSSR count). The molecule has 0 aromatic heterocycles. The van der Waals surface area contributed by atoms with E-state index < -0.39 is 65.7 Å². The van der Waals surface area contributed by atoms with Crippen LogP contribution in [0.2, 0.25) is 0 Å². The molecule has 1 fully saturated rings. The Morgan fingerprint density at radius 1 is 0.956 bits per heavy atom. The number of alkyl halides is 3. The van der Waals surface area contributed by atoms with E-state index in [2.05, 4.69) is 26.0 Å². The van der Waals surface area contributed by atoms with Gasteiger partial charge in [-0.05, 0) is 43.6 Å². The van der Waals surface area contributed by atoms with Crippen molar-refractivity contribution in [3.05, 3.63) is 35.4 Å². The van der Waals surface area contributed by atoms with E-state index in [0.717, 1.165) is 19.3 Å². The smallest absolute Gasteiger partial charge is 0.385 e. The number of esters is 2. The fraction of sp³-hybridized carbons (Fsp3) is 0.536. The van der Waals surface area contributed by atoms with Gasteiger partial charge in [0.25, 0.3) is 0 Å². The Kier molecular flexibility index (Phi) is 13.8. The minimum absolute atomic E-state index is 0.0200. The number of hydrogen-bond acceptors (Lipinski definition) is 8. The summed E-state index contributed by atoms with van der Waals surface area (Å²) < 4.78 is 42.3. The van der Waals surface area contributed by atoms with E-state index in [-0.39, 0.29) is 31.6 Å². The van der Waals surface area contributed by atoms with E-state index in [4.69, 9.17) is 22.3 Å². The summed E-state index contributed by atoms with van der Waals surface area (Å²) in [5.74, 6) is -9.03. The standard InChI is InChI=1S/C28H39F3N8O6/c1-36-22(40)18(14-15-9-11-17(12-10-15)21(32)33)23(41)39-20(16-6-3-2-4-7-16)24(42)38-19(8-5-13-37-27(34)35)25(43)45-26(44)28(29,30)31/h9-12,16,18-20H,2-8,13-14H2,1H3,(H3,32,33)(H,36,40)(H,38,42)(H,39,41)(H4,34,35,37)/t18?,19-,20-/m0/s1. The van der Waals surface area contributed by atoms with E-state index in [9.17, 15) is 37.1 Å². The van der Waals surface area contributed by atoms with Crippen molar-refractivity contribution in [1.29, 1.82) is 10.8 Å². The van der Waals surface area contributed by atoms with Crippen molar-refractivity contribution in [3.8, 4) is 0 Å². The lowest BCUT2D eigenvalue weighted by Gasteiger charge is -2.32. The van der Waals surface area contributed by atoms with Gasteiger partial charge in [-0.3, -0.25) is 25.2 Å². The maximum Gasteiger partial charge on any atom is 0.491 e. The lowest BCUT2D eigenvalue weighted by molar-refractivity contribution is -0.202. The summed E-state index contributed by atoms with van der Waals surface area (Å²) >= 11 is 0. The number of nitrogens with one attached hydrogen (secondary N) is 6. The molecule has 3 atom stereocenters. The van der Waals surface area contributed by atoms with Crippen molar-refractivity contribution in [2.24, 2.45) is 23.3 Å². The molecule has 45 heavy (non-hydrogen) atoms. The molecule has 0 radical (unpaired) electrons. The number of amides is 3. The van der Waals surface area contributed by atoms with Crippen LogP contribution in [0.5, 0.6) is 0 Å². The van der Waals surface area contributed by atoms with Gasteiger partial charge in [-0.2, -0.15) is 13.2 Å². The van der Waals surface area contributed by atoms with Crippen LogP contribution in [0.4, 0.5) is 13.2 Å². The highest BCUT2D eigenvalue weighted by Crippen LogP contribution is 2.27. The third-order valence-electron chi connectivity index (χ3n) is 7.30. The highest BCUT2D eigenvalue weighted by atomic mass is 19.4. The molecular formula is C28H39F3N8O6. The van der Waals surface area contributed by atoms with Gasteiger partial charge in [0.2, 0.25) is 17.7 Å². The van der Waals surface area contributed by atoms with E-state index in [1.54, 1.807) is 24.3 Å². The predicted octanol–water partition coefficient (Wildman–Crippen LogP) is 0.321. The van der Waals surface area contributed by atoms with Crippen LogP contribution in [0.15, 0.2) is 24.3 Å². The molecule has 1 aliphatic rings. The highest BCUT2D eigenvalue weighted by Gasteiger charge is 2.44. The SMILES string of the molecule is CNC(=O)C(Cc1ccc(C(=N)N)cc1)C(=O)N[C@H](C(=O)N[C@@H](CCCNC(=N)N)C(=O)OC(=O)C(F)(F)F)C1CCCCC1. The number of rotatable bonds is 14. The number of guanidine groups is 1. The summed E-state index contributed by atoms with van der Waals surface area (Å²) in [6.07, 6.45) is -2.42. The fourth-order valence-corrected chi connectivity index (χ4v) is 4.91. The van der Waals surface area contributed by atoms with E-state index in [1.165, 1.54) is 7.05 Å². The van der Waals surface area contributed by atoms with Gasteiger partial charge in [-0.25, -0.2) is 9.59 Å². The van der Waals surface area contributed by atoms with Gasteiger partial charge >= 0.3 is 18.1 Å². The molecular weight excluding hydrogens is 601 g/mol. The molecule has 1 saturated carbocycles. The quantitative estimate of drug-likeness (QED) is 0.0458. The Balaban J connectivity index is 2.30. The molecule has 1 unspecified atom stereocenters. The molecule has 0 spiro atoms. The zero-order chi connectivity index (χ0) is 33.7. The minimum Gasteiger partial charge on any atom is -0.385 e. The molecule has 0 saturated heterocycles. The van der Waals surface area contributed by atoms with Crippen LogP contribution in [-0.4, -0.2) is 73.3 Å². The highest BCUT2D eigenvalue weighted by molar-refractivity contribution is 6.02. The number of ether oxygens (including phenoxy) is 1. The van der Waals surface area contributed by atoms with Crippen molar-refractivity contribution in [3.63, 3.8) is 0 Å². The average molecular weight is 641 g/mol. The average Bonchev–Trinajstić information content (AvgIpc) is 2.99. The van der Waals surface area contributed by atoms with Gasteiger partial charge < -0.3 is 37.5 Å². The van der Waals surface area contributed by atoms with Crippen molar-refractivity contribution in [1.82, 2.24) is 21.3 Å². The molecule has 0 aliphatic heterocycles. The number of carbonyl (C=O) groups is 5. The van der Waals surface area contributed by atoms with E-state index >= 15 is 0 Å². The van der Waals surface area contributed by atoms with Gasteiger partial charge in [0.1, 0.15) is 23.8 Å². The third-order valence-corrected chi connectivity index (χ3v) is 7.30. The molecule has 248 valence electrons. The largest absolute Gasteiger partial charge is 0.491 e. The summed E-state index contributed by atoms with van der Waals surface area (Å²) in [4.78, 5) is 63.8. The molecule has 0 heterocycles. The number of nitrogens with two attached hydrogens (primary N) is 2. The Labute approximate surface area is 257 Å². The minimum atomic E-state index is -5.46. The van der Waals surface area contributed by atoms with Gasteiger partial charge in [0, 0.05) is 19.2 Å². The fourth-order valence-electron chi connectivity index (χ4n) is 4.91. The third kappa shape index (κ3) is 11.7. The Bertz CT molecular complexity index is 1250. The normalized spacial score (nSPS) is 15.5. The number of benzene rings is 1. The Morgan fingerprint density at radius 2 is 1.58 bits per heavy atom. The lowest BCUT2D eigenvalue weighted by Crippen LogP contribution is -2.57. The molecule has 3 amide bonds. The van der Waals surface area contributed by atoms with Gasteiger partial charge in [-0.15, -0.1) is 0 Å². The Hall–Kier alpha value is -4.70. The Morgan fingerprint density at radius 3 is 2.11 bits per heavy atom. The van der Waals surface area contributed by atoms with Crippen LogP contribution in [0.3, 0.4) is 0 Å². The molecule has 1 aliphatic carbocycles. The first-order chi connectivity index (χ1) is 21.1. The van der Waals surface area contributed by atoms with Crippen LogP contribution >= 0.6 is 0 Å². The van der Waals surface area contributed by atoms with Gasteiger partial charge in [0.15, 0.2) is 5.96 Å². The molecule has 1 aromatic carbocycles. The number of halogens is 3.